The van der Waals surface area contributed by atoms with E-state index in [0.29, 0.717) is 18.0 Å². The van der Waals surface area contributed by atoms with Crippen LogP contribution in [-0.4, -0.2) is 25.0 Å². The normalized spacial score (nSPS) is 19.8. The molecule has 0 heterocycles. The van der Waals surface area contributed by atoms with Gasteiger partial charge in [0.05, 0.1) is 0 Å². The highest BCUT2D eigenvalue weighted by atomic mass is 15.1. The number of hydrogen-bond donors (Lipinski definition) is 1. The molecule has 2 nitrogen and oxygen atoms in total. The van der Waals surface area contributed by atoms with Crippen molar-refractivity contribution in [1.82, 2.24) is 4.90 Å². The van der Waals surface area contributed by atoms with Crippen molar-refractivity contribution in [2.24, 2.45) is 5.73 Å². The Bertz CT molecular complexity index is 367. The molecular weight excluding hydrogens is 196 g/mol. The van der Waals surface area contributed by atoms with Crippen molar-refractivity contribution < 1.29 is 0 Å². The molecule has 1 aromatic rings. The average Bonchev–Trinajstić information content (AvgIpc) is 3.09. The van der Waals surface area contributed by atoms with Crippen molar-refractivity contribution in [1.29, 1.82) is 0 Å². The summed E-state index contributed by atoms with van der Waals surface area (Å²) in [7, 11) is 4.33. The summed E-state index contributed by atoms with van der Waals surface area (Å²) >= 11 is 0. The van der Waals surface area contributed by atoms with Crippen molar-refractivity contribution in [3.05, 3.63) is 35.4 Å². The topological polar surface area (TPSA) is 29.3 Å². The van der Waals surface area contributed by atoms with Crippen molar-refractivity contribution >= 4 is 0 Å². The molecule has 2 heteroatoms. The molecule has 1 aliphatic carbocycles. The van der Waals surface area contributed by atoms with Gasteiger partial charge in [0.1, 0.15) is 0 Å². The largest absolute Gasteiger partial charge is 0.326 e. The van der Waals surface area contributed by atoms with Crippen LogP contribution in [0, 0.1) is 0 Å². The molecule has 1 aromatic carbocycles. The van der Waals surface area contributed by atoms with Gasteiger partial charge in [-0.3, -0.25) is 0 Å². The number of hydrogen-bond acceptors (Lipinski definition) is 2. The monoisotopic (exact) mass is 218 g/mol. The lowest BCUT2D eigenvalue weighted by molar-refractivity contribution is 0.259. The summed E-state index contributed by atoms with van der Waals surface area (Å²) in [5.41, 5.74) is 8.81. The summed E-state index contributed by atoms with van der Waals surface area (Å²) in [4.78, 5) is 2.32. The van der Waals surface area contributed by atoms with Crippen molar-refractivity contribution in [3.63, 3.8) is 0 Å². The van der Waals surface area contributed by atoms with Gasteiger partial charge in [-0.2, -0.15) is 0 Å². The third-order valence-corrected chi connectivity index (χ3v) is 4.10. The molecule has 2 N–H and O–H groups in total. The second-order valence-corrected chi connectivity index (χ2v) is 5.20. The van der Waals surface area contributed by atoms with E-state index >= 15 is 0 Å². The Morgan fingerprint density at radius 1 is 1.38 bits per heavy atom. The molecule has 2 rings (SSSR count). The van der Waals surface area contributed by atoms with Crippen LogP contribution in [0.25, 0.3) is 0 Å². The Hall–Kier alpha value is -0.860. The van der Waals surface area contributed by atoms with Crippen LogP contribution in [0.2, 0.25) is 0 Å². The second-order valence-electron chi connectivity index (χ2n) is 5.20. The third kappa shape index (κ3) is 1.87. The first-order chi connectivity index (χ1) is 7.60. The molecule has 0 bridgehead atoms. The lowest BCUT2D eigenvalue weighted by atomic mass is 9.87. The molecule has 16 heavy (non-hydrogen) atoms. The van der Waals surface area contributed by atoms with Crippen molar-refractivity contribution in [2.45, 2.75) is 37.8 Å². The zero-order valence-electron chi connectivity index (χ0n) is 10.5. The van der Waals surface area contributed by atoms with E-state index in [1.54, 1.807) is 0 Å². The van der Waals surface area contributed by atoms with Gasteiger partial charge in [-0.1, -0.05) is 24.3 Å². The van der Waals surface area contributed by atoms with E-state index in [1.807, 2.05) is 0 Å². The summed E-state index contributed by atoms with van der Waals surface area (Å²) in [6, 6.07) is 9.39. The molecule has 1 atom stereocenters. The Labute approximate surface area is 98.4 Å². The molecule has 0 radical (unpaired) electrons. The number of benzene rings is 1. The van der Waals surface area contributed by atoms with E-state index in [9.17, 15) is 0 Å². The summed E-state index contributed by atoms with van der Waals surface area (Å²) < 4.78 is 0. The standard InChI is InChI=1S/C14H22N2/c1-11(16(2)3)14(7-8-14)13-6-4-5-12(9-13)10-15/h4-6,9,11H,7-8,10,15H2,1-3H3. The highest BCUT2D eigenvalue weighted by Gasteiger charge is 2.49. The molecule has 1 aliphatic rings. The van der Waals surface area contributed by atoms with Gasteiger partial charge in [0.2, 0.25) is 0 Å². The van der Waals surface area contributed by atoms with E-state index in [2.05, 4.69) is 50.2 Å². The van der Waals surface area contributed by atoms with E-state index in [-0.39, 0.29) is 0 Å². The molecule has 1 unspecified atom stereocenters. The van der Waals surface area contributed by atoms with Gasteiger partial charge < -0.3 is 10.6 Å². The Morgan fingerprint density at radius 3 is 2.56 bits per heavy atom. The van der Waals surface area contributed by atoms with Crippen LogP contribution >= 0.6 is 0 Å². The molecular formula is C14H22N2. The third-order valence-electron chi connectivity index (χ3n) is 4.10. The fraction of sp³-hybridized carbons (Fsp3) is 0.571. The number of rotatable bonds is 4. The first-order valence-electron chi connectivity index (χ1n) is 6.06. The van der Waals surface area contributed by atoms with Crippen LogP contribution in [0.1, 0.15) is 30.9 Å². The van der Waals surface area contributed by atoms with E-state index in [0.717, 1.165) is 0 Å². The van der Waals surface area contributed by atoms with Crippen LogP contribution < -0.4 is 5.73 Å². The van der Waals surface area contributed by atoms with Gasteiger partial charge in [-0.05, 0) is 45.0 Å². The van der Waals surface area contributed by atoms with Gasteiger partial charge >= 0.3 is 0 Å². The molecule has 0 amide bonds. The van der Waals surface area contributed by atoms with E-state index in [1.165, 1.54) is 24.0 Å². The molecule has 0 aromatic heterocycles. The number of nitrogens with zero attached hydrogens (tertiary/aromatic N) is 1. The van der Waals surface area contributed by atoms with Crippen LogP contribution in [-0.2, 0) is 12.0 Å². The van der Waals surface area contributed by atoms with E-state index < -0.39 is 0 Å². The van der Waals surface area contributed by atoms with Crippen LogP contribution in [0.3, 0.4) is 0 Å². The molecule has 1 saturated carbocycles. The Kier molecular flexibility index (Phi) is 3.04. The lowest BCUT2D eigenvalue weighted by Crippen LogP contribution is -2.36. The molecule has 88 valence electrons. The quantitative estimate of drug-likeness (QED) is 0.839. The van der Waals surface area contributed by atoms with Crippen LogP contribution in [0.15, 0.2) is 24.3 Å². The molecule has 1 fully saturated rings. The summed E-state index contributed by atoms with van der Waals surface area (Å²) in [5, 5.41) is 0. The number of likely N-dealkylation sites (N-methyl/N-ethyl adjacent to an activating group) is 1. The van der Waals surface area contributed by atoms with Crippen LogP contribution in [0.4, 0.5) is 0 Å². The highest BCUT2D eigenvalue weighted by Crippen LogP contribution is 2.52. The Balaban J connectivity index is 2.29. The van der Waals surface area contributed by atoms with Crippen molar-refractivity contribution in [2.75, 3.05) is 14.1 Å². The molecule has 0 aliphatic heterocycles. The van der Waals surface area contributed by atoms with Gasteiger partial charge in [-0.25, -0.2) is 0 Å². The fourth-order valence-electron chi connectivity index (χ4n) is 2.58. The zero-order valence-corrected chi connectivity index (χ0v) is 10.5. The maximum absolute atomic E-state index is 5.71. The van der Waals surface area contributed by atoms with Gasteiger partial charge in [0.15, 0.2) is 0 Å². The zero-order chi connectivity index (χ0) is 11.8. The van der Waals surface area contributed by atoms with E-state index in [4.69, 9.17) is 5.73 Å². The predicted octanol–water partition coefficient (Wildman–Crippen LogP) is 2.13. The first-order valence-corrected chi connectivity index (χ1v) is 6.06. The SMILES string of the molecule is CC(N(C)C)C1(c2cccc(CN)c2)CC1. The Morgan fingerprint density at radius 2 is 2.06 bits per heavy atom. The smallest absolute Gasteiger partial charge is 0.0178 e. The summed E-state index contributed by atoms with van der Waals surface area (Å²) in [6.07, 6.45) is 2.61. The minimum atomic E-state index is 0.384. The predicted molar refractivity (Wildman–Crippen MR) is 68.4 cm³/mol. The van der Waals surface area contributed by atoms with Gasteiger partial charge in [-0.15, -0.1) is 0 Å². The second kappa shape index (κ2) is 4.19. The first kappa shape index (κ1) is 11.6. The lowest BCUT2D eigenvalue weighted by Gasteiger charge is -2.30. The average molecular weight is 218 g/mol. The van der Waals surface area contributed by atoms with Crippen LogP contribution in [0.5, 0.6) is 0 Å². The minimum Gasteiger partial charge on any atom is -0.326 e. The highest BCUT2D eigenvalue weighted by molar-refractivity contribution is 5.36. The maximum Gasteiger partial charge on any atom is 0.0178 e. The van der Waals surface area contributed by atoms with Crippen molar-refractivity contribution in [3.8, 4) is 0 Å². The minimum absolute atomic E-state index is 0.384. The maximum atomic E-state index is 5.71. The number of nitrogens with two attached hydrogens (primary N) is 1. The van der Waals surface area contributed by atoms with Gasteiger partial charge in [0.25, 0.3) is 0 Å². The molecule has 0 saturated heterocycles. The fourth-order valence-corrected chi connectivity index (χ4v) is 2.58. The summed E-state index contributed by atoms with van der Waals surface area (Å²) in [6.45, 7) is 2.96. The van der Waals surface area contributed by atoms with Gasteiger partial charge in [0, 0.05) is 18.0 Å². The summed E-state index contributed by atoms with van der Waals surface area (Å²) in [5.74, 6) is 0. The molecule has 0 spiro atoms.